The molecule has 2 rings (SSSR count). The number of rotatable bonds is 3. The van der Waals surface area contributed by atoms with Gasteiger partial charge in [-0.2, -0.15) is 9.78 Å². The first-order valence-electron chi connectivity index (χ1n) is 6.24. The molecule has 0 spiro atoms. The average molecular weight is 260 g/mol. The van der Waals surface area contributed by atoms with Gasteiger partial charge in [-0.1, -0.05) is 25.1 Å². The van der Waals surface area contributed by atoms with Gasteiger partial charge in [0, 0.05) is 12.3 Å². The van der Waals surface area contributed by atoms with Crippen molar-refractivity contribution in [2.45, 2.75) is 33.3 Å². The molecule has 1 atom stereocenters. The summed E-state index contributed by atoms with van der Waals surface area (Å²) in [4.78, 5) is 23.6. The molecule has 0 saturated heterocycles. The van der Waals surface area contributed by atoms with Crippen molar-refractivity contribution in [3.05, 3.63) is 30.0 Å². The minimum Gasteiger partial charge on any atom is -0.458 e. The molecule has 19 heavy (non-hydrogen) atoms. The van der Waals surface area contributed by atoms with Crippen molar-refractivity contribution in [1.29, 1.82) is 0 Å². The molecule has 1 aromatic carbocycles. The quantitative estimate of drug-likeness (QED) is 0.796. The van der Waals surface area contributed by atoms with Crippen molar-refractivity contribution in [3.63, 3.8) is 0 Å². The van der Waals surface area contributed by atoms with E-state index in [1.807, 2.05) is 13.8 Å². The van der Waals surface area contributed by atoms with E-state index in [0.29, 0.717) is 10.9 Å². The zero-order valence-electron chi connectivity index (χ0n) is 11.2. The molecule has 1 aromatic heterocycles. The topological polar surface area (TPSA) is 61.2 Å². The van der Waals surface area contributed by atoms with E-state index < -0.39 is 5.97 Å². The molecule has 1 heterocycles. The van der Waals surface area contributed by atoms with Gasteiger partial charge < -0.3 is 4.74 Å². The number of fused-ring (bicyclic) bond motifs is 1. The van der Waals surface area contributed by atoms with Crippen molar-refractivity contribution in [1.82, 2.24) is 9.78 Å². The maximum atomic E-state index is 12.1. The summed E-state index contributed by atoms with van der Waals surface area (Å²) in [6.07, 6.45) is 0.561. The first-order valence-corrected chi connectivity index (χ1v) is 6.24. The van der Waals surface area contributed by atoms with Gasteiger partial charge in [-0.05, 0) is 19.4 Å². The van der Waals surface area contributed by atoms with Crippen LogP contribution >= 0.6 is 0 Å². The fraction of sp³-hybridized carbons (Fsp3) is 0.357. The molecule has 0 amide bonds. The second-order valence-corrected chi connectivity index (χ2v) is 4.42. The molecule has 0 aliphatic heterocycles. The third-order valence-corrected chi connectivity index (χ3v) is 2.96. The summed E-state index contributed by atoms with van der Waals surface area (Å²) in [5.74, 6) is -0.732. The van der Waals surface area contributed by atoms with Gasteiger partial charge in [0.2, 0.25) is 5.91 Å². The number of hydrogen-bond acceptors (Lipinski definition) is 4. The van der Waals surface area contributed by atoms with Crippen LogP contribution < -0.4 is 0 Å². The van der Waals surface area contributed by atoms with Crippen LogP contribution in [0.15, 0.2) is 24.3 Å². The molecule has 0 aliphatic rings. The van der Waals surface area contributed by atoms with E-state index in [-0.39, 0.29) is 17.7 Å². The standard InChI is InChI=1S/C14H16N2O3/c1-4-9(2)19-14(18)13-11-7-5-6-8-12(11)16(15-13)10(3)17/h5-9H,4H2,1-3H3/t9-/m0/s1. The molecule has 0 saturated carbocycles. The Balaban J connectivity index is 2.49. The molecule has 5 heteroatoms. The summed E-state index contributed by atoms with van der Waals surface area (Å²) in [6, 6.07) is 7.11. The van der Waals surface area contributed by atoms with E-state index >= 15 is 0 Å². The lowest BCUT2D eigenvalue weighted by Crippen LogP contribution is -2.16. The number of carbonyl (C=O) groups is 2. The SMILES string of the molecule is CC[C@H](C)OC(=O)c1nn(C(C)=O)c2ccccc12. The van der Waals surface area contributed by atoms with Crippen LogP contribution in [0.2, 0.25) is 0 Å². The van der Waals surface area contributed by atoms with Gasteiger partial charge in [0.1, 0.15) is 0 Å². The number of nitrogens with zero attached hydrogens (tertiary/aromatic N) is 2. The minimum atomic E-state index is -0.495. The van der Waals surface area contributed by atoms with Gasteiger partial charge in [0.15, 0.2) is 5.69 Å². The third kappa shape index (κ3) is 2.50. The second kappa shape index (κ2) is 5.22. The molecule has 0 unspecified atom stereocenters. The van der Waals surface area contributed by atoms with Gasteiger partial charge in [-0.15, -0.1) is 0 Å². The molecule has 0 N–H and O–H groups in total. The lowest BCUT2D eigenvalue weighted by molar-refractivity contribution is 0.0329. The summed E-state index contributed by atoms with van der Waals surface area (Å²) < 4.78 is 6.49. The van der Waals surface area contributed by atoms with Gasteiger partial charge in [0.05, 0.1) is 11.6 Å². The van der Waals surface area contributed by atoms with Crippen molar-refractivity contribution < 1.29 is 14.3 Å². The lowest BCUT2D eigenvalue weighted by atomic mass is 10.2. The Labute approximate surface area is 111 Å². The highest BCUT2D eigenvalue weighted by molar-refractivity contribution is 6.04. The lowest BCUT2D eigenvalue weighted by Gasteiger charge is -2.09. The van der Waals surface area contributed by atoms with Crippen LogP contribution in [0.1, 0.15) is 42.5 Å². The molecular formula is C14H16N2O3. The minimum absolute atomic E-state index is 0.172. The van der Waals surface area contributed by atoms with Crippen LogP contribution in [0.25, 0.3) is 10.9 Å². The van der Waals surface area contributed by atoms with Gasteiger partial charge in [0.25, 0.3) is 0 Å². The van der Waals surface area contributed by atoms with Crippen molar-refractivity contribution in [2.24, 2.45) is 0 Å². The van der Waals surface area contributed by atoms with E-state index in [1.54, 1.807) is 24.3 Å². The van der Waals surface area contributed by atoms with E-state index in [4.69, 9.17) is 4.74 Å². The molecule has 2 aromatic rings. The Kier molecular flexibility index (Phi) is 3.64. The van der Waals surface area contributed by atoms with Crippen LogP contribution in [-0.2, 0) is 4.74 Å². The monoisotopic (exact) mass is 260 g/mol. The highest BCUT2D eigenvalue weighted by Crippen LogP contribution is 2.19. The molecule has 0 fully saturated rings. The third-order valence-electron chi connectivity index (χ3n) is 2.96. The number of benzene rings is 1. The highest BCUT2D eigenvalue weighted by atomic mass is 16.5. The number of aromatic nitrogens is 2. The van der Waals surface area contributed by atoms with Crippen molar-refractivity contribution in [3.8, 4) is 0 Å². The van der Waals surface area contributed by atoms with Crippen molar-refractivity contribution >= 4 is 22.8 Å². The summed E-state index contributed by atoms with van der Waals surface area (Å²) in [6.45, 7) is 5.16. The number of hydrogen-bond donors (Lipinski definition) is 0. The van der Waals surface area contributed by atoms with Crippen LogP contribution in [0.5, 0.6) is 0 Å². The van der Waals surface area contributed by atoms with E-state index in [1.165, 1.54) is 11.6 Å². The number of para-hydroxylation sites is 1. The Morgan fingerprint density at radius 1 is 1.37 bits per heavy atom. The smallest absolute Gasteiger partial charge is 0.359 e. The molecule has 0 aliphatic carbocycles. The van der Waals surface area contributed by atoms with Crippen LogP contribution in [0.3, 0.4) is 0 Å². The fourth-order valence-electron chi connectivity index (χ4n) is 1.78. The summed E-state index contributed by atoms with van der Waals surface area (Å²) in [5.41, 5.74) is 0.803. The molecule has 5 nitrogen and oxygen atoms in total. The summed E-state index contributed by atoms with van der Waals surface area (Å²) >= 11 is 0. The molecule has 0 radical (unpaired) electrons. The Hall–Kier alpha value is -2.17. The second-order valence-electron chi connectivity index (χ2n) is 4.42. The zero-order chi connectivity index (χ0) is 14.0. The van der Waals surface area contributed by atoms with E-state index in [2.05, 4.69) is 5.10 Å². The average Bonchev–Trinajstić information content (AvgIpc) is 2.78. The number of esters is 1. The maximum Gasteiger partial charge on any atom is 0.359 e. The zero-order valence-corrected chi connectivity index (χ0v) is 11.2. The van der Waals surface area contributed by atoms with Crippen LogP contribution in [0, 0.1) is 0 Å². The largest absolute Gasteiger partial charge is 0.458 e. The number of carbonyl (C=O) groups excluding carboxylic acids is 2. The Morgan fingerprint density at radius 2 is 2.05 bits per heavy atom. The normalized spacial score (nSPS) is 12.4. The van der Waals surface area contributed by atoms with Crippen LogP contribution in [0.4, 0.5) is 0 Å². The van der Waals surface area contributed by atoms with Crippen molar-refractivity contribution in [2.75, 3.05) is 0 Å². The first-order chi connectivity index (χ1) is 9.04. The Morgan fingerprint density at radius 3 is 2.68 bits per heavy atom. The molecule has 100 valence electrons. The Bertz CT molecular complexity index is 631. The predicted molar refractivity (Wildman–Crippen MR) is 71.2 cm³/mol. The summed E-state index contributed by atoms with van der Waals surface area (Å²) in [5, 5.41) is 4.70. The van der Waals surface area contributed by atoms with Gasteiger partial charge >= 0.3 is 5.97 Å². The van der Waals surface area contributed by atoms with Gasteiger partial charge in [-0.3, -0.25) is 4.79 Å². The highest BCUT2D eigenvalue weighted by Gasteiger charge is 2.20. The maximum absolute atomic E-state index is 12.1. The predicted octanol–water partition coefficient (Wildman–Crippen LogP) is 2.65. The molecular weight excluding hydrogens is 244 g/mol. The summed E-state index contributed by atoms with van der Waals surface area (Å²) in [7, 11) is 0. The fourth-order valence-corrected chi connectivity index (χ4v) is 1.78. The van der Waals surface area contributed by atoms with E-state index in [9.17, 15) is 9.59 Å². The number of ether oxygens (including phenoxy) is 1. The first kappa shape index (κ1) is 13.3. The van der Waals surface area contributed by atoms with E-state index in [0.717, 1.165) is 6.42 Å². The van der Waals surface area contributed by atoms with Gasteiger partial charge in [-0.25, -0.2) is 4.79 Å². The molecule has 0 bridgehead atoms. The van der Waals surface area contributed by atoms with Crippen LogP contribution in [-0.4, -0.2) is 27.8 Å².